The molecule has 0 aromatic heterocycles. The predicted octanol–water partition coefficient (Wildman–Crippen LogP) is 4.30. The number of carbonyl (C=O) groups excluding carboxylic acids is 1. The molecular weight excluding hydrogens is 322 g/mol. The monoisotopic (exact) mass is 345 g/mol. The molecule has 0 unspecified atom stereocenters. The lowest BCUT2D eigenvalue weighted by atomic mass is 9.86. The molecule has 0 spiro atoms. The molecule has 128 valence electrons. The van der Waals surface area contributed by atoms with Crippen LogP contribution in [0.4, 0.5) is 5.69 Å². The number of aryl methyl sites for hydroxylation is 1. The van der Waals surface area contributed by atoms with Crippen LogP contribution in [0, 0.1) is 6.92 Å². The van der Waals surface area contributed by atoms with Crippen LogP contribution in [0.5, 0.6) is 0 Å². The minimum absolute atomic E-state index is 0.153. The number of anilines is 1. The normalized spacial score (nSPS) is 12.0. The Bertz CT molecular complexity index is 860. The topological polar surface area (TPSA) is 63.2 Å². The Morgan fingerprint density at radius 1 is 1.00 bits per heavy atom. The van der Waals surface area contributed by atoms with Crippen molar-refractivity contribution in [3.8, 4) is 0 Å². The summed E-state index contributed by atoms with van der Waals surface area (Å²) in [6.07, 6.45) is 0. The van der Waals surface area contributed by atoms with E-state index in [-0.39, 0.29) is 16.1 Å². The number of rotatable bonds is 4. The average molecular weight is 345 g/mol. The minimum Gasteiger partial charge on any atom is -0.294 e. The van der Waals surface area contributed by atoms with Crippen molar-refractivity contribution in [1.82, 2.24) is 0 Å². The zero-order valence-electron chi connectivity index (χ0n) is 14.7. The van der Waals surface area contributed by atoms with Gasteiger partial charge in [0, 0.05) is 5.56 Å². The number of hydrogen-bond donors (Lipinski definition) is 1. The summed E-state index contributed by atoms with van der Waals surface area (Å²) >= 11 is 0. The van der Waals surface area contributed by atoms with E-state index in [0.29, 0.717) is 11.3 Å². The number of nitrogens with one attached hydrogen (secondary N) is 1. The highest BCUT2D eigenvalue weighted by Gasteiger charge is 2.21. The number of carbonyl (C=O) groups is 1. The number of ketones is 1. The fourth-order valence-electron chi connectivity index (χ4n) is 2.32. The highest BCUT2D eigenvalue weighted by molar-refractivity contribution is 7.92. The van der Waals surface area contributed by atoms with Gasteiger partial charge in [0.05, 0.1) is 10.6 Å². The second-order valence-electron chi connectivity index (χ2n) is 6.99. The first-order valence-electron chi connectivity index (χ1n) is 7.76. The third kappa shape index (κ3) is 4.03. The fourth-order valence-corrected chi connectivity index (χ4v) is 3.39. The molecule has 2 aromatic carbocycles. The van der Waals surface area contributed by atoms with E-state index in [2.05, 4.69) is 4.72 Å². The molecule has 0 radical (unpaired) electrons. The van der Waals surface area contributed by atoms with E-state index in [1.165, 1.54) is 6.92 Å². The van der Waals surface area contributed by atoms with Gasteiger partial charge in [0.1, 0.15) is 0 Å². The van der Waals surface area contributed by atoms with Gasteiger partial charge in [0.25, 0.3) is 10.0 Å². The first kappa shape index (κ1) is 18.2. The molecule has 0 amide bonds. The molecule has 24 heavy (non-hydrogen) atoms. The largest absolute Gasteiger partial charge is 0.294 e. The Morgan fingerprint density at radius 2 is 1.58 bits per heavy atom. The van der Waals surface area contributed by atoms with E-state index in [0.717, 1.165) is 11.1 Å². The molecule has 2 rings (SSSR count). The number of Topliss-reactive ketones (excluding diaryl/α,β-unsaturated/α-hetero) is 1. The Labute approximate surface area is 144 Å². The average Bonchev–Trinajstić information content (AvgIpc) is 2.46. The Balaban J connectivity index is 2.50. The molecule has 2 aromatic rings. The maximum Gasteiger partial charge on any atom is 0.261 e. The summed E-state index contributed by atoms with van der Waals surface area (Å²) in [4.78, 5) is 12.0. The van der Waals surface area contributed by atoms with Gasteiger partial charge in [-0.05, 0) is 49.1 Å². The number of benzene rings is 2. The van der Waals surface area contributed by atoms with Crippen LogP contribution in [-0.2, 0) is 15.4 Å². The molecule has 0 saturated carbocycles. The predicted molar refractivity (Wildman–Crippen MR) is 97.1 cm³/mol. The lowest BCUT2D eigenvalue weighted by molar-refractivity contribution is 0.101. The van der Waals surface area contributed by atoms with Crippen LogP contribution >= 0.6 is 0 Å². The van der Waals surface area contributed by atoms with Crippen molar-refractivity contribution in [2.75, 3.05) is 4.72 Å². The molecule has 0 bridgehead atoms. The zero-order chi connectivity index (χ0) is 18.1. The van der Waals surface area contributed by atoms with Crippen molar-refractivity contribution in [3.05, 3.63) is 59.2 Å². The molecule has 0 heterocycles. The fraction of sp³-hybridized carbons (Fsp3) is 0.316. The molecule has 0 aliphatic rings. The van der Waals surface area contributed by atoms with Crippen LogP contribution in [0.25, 0.3) is 0 Å². The minimum atomic E-state index is -3.75. The van der Waals surface area contributed by atoms with E-state index in [9.17, 15) is 13.2 Å². The van der Waals surface area contributed by atoms with Crippen molar-refractivity contribution in [1.29, 1.82) is 0 Å². The molecule has 0 aliphatic heterocycles. The van der Waals surface area contributed by atoms with Crippen molar-refractivity contribution in [2.45, 2.75) is 44.9 Å². The van der Waals surface area contributed by atoms with Crippen LogP contribution in [0.1, 0.15) is 49.2 Å². The Kier molecular flexibility index (Phi) is 4.85. The second kappa shape index (κ2) is 6.40. The lowest BCUT2D eigenvalue weighted by Gasteiger charge is -2.21. The number of hydrogen-bond acceptors (Lipinski definition) is 3. The molecule has 1 N–H and O–H groups in total. The molecular formula is C19H23NO3S. The summed E-state index contributed by atoms with van der Waals surface area (Å²) < 4.78 is 27.8. The van der Waals surface area contributed by atoms with E-state index < -0.39 is 10.0 Å². The van der Waals surface area contributed by atoms with Crippen LogP contribution < -0.4 is 4.72 Å². The standard InChI is InChI=1S/C19H23NO3S/c1-13-6-9-16(10-7-13)24(22,23)20-18-12-15(19(3,4)5)8-11-17(18)14(2)21/h6-12,20H,1-5H3. The van der Waals surface area contributed by atoms with Crippen LogP contribution in [0.2, 0.25) is 0 Å². The highest BCUT2D eigenvalue weighted by atomic mass is 32.2. The molecule has 0 atom stereocenters. The maximum atomic E-state index is 12.6. The van der Waals surface area contributed by atoms with Crippen LogP contribution in [0.3, 0.4) is 0 Å². The summed E-state index contributed by atoms with van der Waals surface area (Å²) in [6, 6.07) is 11.9. The van der Waals surface area contributed by atoms with E-state index in [4.69, 9.17) is 0 Å². The Hall–Kier alpha value is -2.14. The first-order valence-corrected chi connectivity index (χ1v) is 9.24. The van der Waals surface area contributed by atoms with E-state index in [1.807, 2.05) is 33.8 Å². The van der Waals surface area contributed by atoms with Gasteiger partial charge in [0.2, 0.25) is 0 Å². The lowest BCUT2D eigenvalue weighted by Crippen LogP contribution is -2.17. The van der Waals surface area contributed by atoms with E-state index >= 15 is 0 Å². The number of sulfonamides is 1. The van der Waals surface area contributed by atoms with Crippen LogP contribution in [0.15, 0.2) is 47.4 Å². The van der Waals surface area contributed by atoms with Crippen molar-refractivity contribution in [2.24, 2.45) is 0 Å². The smallest absolute Gasteiger partial charge is 0.261 e. The Morgan fingerprint density at radius 3 is 2.08 bits per heavy atom. The summed E-state index contributed by atoms with van der Waals surface area (Å²) in [5.74, 6) is -0.183. The van der Waals surface area contributed by atoms with Gasteiger partial charge in [-0.15, -0.1) is 0 Å². The summed E-state index contributed by atoms with van der Waals surface area (Å²) in [5.41, 5.74) is 2.45. The molecule has 0 fully saturated rings. The third-order valence-electron chi connectivity index (χ3n) is 3.84. The summed E-state index contributed by atoms with van der Waals surface area (Å²) in [7, 11) is -3.75. The first-order chi connectivity index (χ1) is 11.0. The van der Waals surface area contributed by atoms with Gasteiger partial charge in [-0.3, -0.25) is 9.52 Å². The van der Waals surface area contributed by atoms with E-state index in [1.54, 1.807) is 36.4 Å². The quantitative estimate of drug-likeness (QED) is 0.841. The molecule has 0 saturated heterocycles. The van der Waals surface area contributed by atoms with Crippen molar-refractivity contribution in [3.63, 3.8) is 0 Å². The van der Waals surface area contributed by atoms with Crippen molar-refractivity contribution < 1.29 is 13.2 Å². The van der Waals surface area contributed by atoms with Gasteiger partial charge in [-0.1, -0.05) is 44.5 Å². The van der Waals surface area contributed by atoms with Gasteiger partial charge < -0.3 is 0 Å². The third-order valence-corrected chi connectivity index (χ3v) is 5.22. The van der Waals surface area contributed by atoms with Crippen LogP contribution in [-0.4, -0.2) is 14.2 Å². The maximum absolute atomic E-state index is 12.6. The zero-order valence-corrected chi connectivity index (χ0v) is 15.5. The molecule has 0 aliphatic carbocycles. The van der Waals surface area contributed by atoms with Gasteiger partial charge in [-0.2, -0.15) is 0 Å². The SMILES string of the molecule is CC(=O)c1ccc(C(C)(C)C)cc1NS(=O)(=O)c1ccc(C)cc1. The molecule has 5 heteroatoms. The van der Waals surface area contributed by atoms with Gasteiger partial charge >= 0.3 is 0 Å². The summed E-state index contributed by atoms with van der Waals surface area (Å²) in [6.45, 7) is 9.43. The molecule has 4 nitrogen and oxygen atoms in total. The second-order valence-corrected chi connectivity index (χ2v) is 8.67. The van der Waals surface area contributed by atoms with Gasteiger partial charge in [-0.25, -0.2) is 8.42 Å². The highest BCUT2D eigenvalue weighted by Crippen LogP contribution is 2.29. The van der Waals surface area contributed by atoms with Gasteiger partial charge in [0.15, 0.2) is 5.78 Å². The summed E-state index contributed by atoms with van der Waals surface area (Å²) in [5, 5.41) is 0. The van der Waals surface area contributed by atoms with Crippen molar-refractivity contribution >= 4 is 21.5 Å².